The van der Waals surface area contributed by atoms with Gasteiger partial charge in [0, 0.05) is 19.5 Å². The largest absolute Gasteiger partial charge is 0.481 e. The highest BCUT2D eigenvalue weighted by molar-refractivity contribution is 7.15. The summed E-state index contributed by atoms with van der Waals surface area (Å²) in [4.78, 5) is 13.0. The molecule has 3 rings (SSSR count). The molecule has 0 spiro atoms. The van der Waals surface area contributed by atoms with Gasteiger partial charge in [-0.25, -0.2) is 0 Å². The van der Waals surface area contributed by atoms with E-state index in [1.165, 1.54) is 5.56 Å². The second kappa shape index (κ2) is 5.58. The molecule has 2 aromatic rings. The number of anilines is 1. The monoisotopic (exact) mass is 289 g/mol. The number of benzene rings is 1. The Morgan fingerprint density at radius 1 is 1.35 bits per heavy atom. The van der Waals surface area contributed by atoms with Crippen LogP contribution < -0.4 is 4.90 Å². The Morgan fingerprint density at radius 2 is 2.15 bits per heavy atom. The summed E-state index contributed by atoms with van der Waals surface area (Å²) in [6.45, 7) is 1.28. The summed E-state index contributed by atoms with van der Waals surface area (Å²) in [6.07, 6.45) is 1.46. The first-order chi connectivity index (χ1) is 9.72. The average Bonchev–Trinajstić information content (AvgIpc) is 3.08. The smallest absolute Gasteiger partial charge is 0.308 e. The van der Waals surface area contributed by atoms with Gasteiger partial charge in [-0.2, -0.15) is 0 Å². The summed E-state index contributed by atoms with van der Waals surface area (Å²) in [7, 11) is 0. The number of nitrogens with zero attached hydrogens (tertiary/aromatic N) is 3. The first-order valence-electron chi connectivity index (χ1n) is 6.56. The summed E-state index contributed by atoms with van der Waals surface area (Å²) in [5, 5.41) is 19.2. The number of rotatable bonds is 4. The second-order valence-corrected chi connectivity index (χ2v) is 5.95. The van der Waals surface area contributed by atoms with E-state index in [0.717, 1.165) is 23.1 Å². The van der Waals surface area contributed by atoms with Crippen LogP contribution in [0.5, 0.6) is 0 Å². The van der Waals surface area contributed by atoms with Gasteiger partial charge in [-0.05, 0) is 12.0 Å². The van der Waals surface area contributed by atoms with Gasteiger partial charge in [-0.1, -0.05) is 41.7 Å². The van der Waals surface area contributed by atoms with Gasteiger partial charge in [0.25, 0.3) is 0 Å². The first kappa shape index (κ1) is 13.1. The van der Waals surface area contributed by atoms with Crippen molar-refractivity contribution < 1.29 is 9.90 Å². The summed E-state index contributed by atoms with van der Waals surface area (Å²) in [6, 6.07) is 10.1. The molecule has 0 radical (unpaired) electrons. The number of aliphatic carboxylic acids is 1. The molecule has 5 nitrogen and oxygen atoms in total. The van der Waals surface area contributed by atoms with Crippen LogP contribution >= 0.6 is 11.3 Å². The first-order valence-corrected chi connectivity index (χ1v) is 7.38. The molecule has 1 saturated heterocycles. The lowest BCUT2D eigenvalue weighted by atomic mass is 10.1. The fourth-order valence-corrected chi connectivity index (χ4v) is 3.26. The molecule has 6 heteroatoms. The van der Waals surface area contributed by atoms with Crippen molar-refractivity contribution in [2.45, 2.75) is 12.8 Å². The van der Waals surface area contributed by atoms with Crippen LogP contribution in [0.3, 0.4) is 0 Å². The lowest BCUT2D eigenvalue weighted by Gasteiger charge is -2.12. The normalized spacial score (nSPS) is 18.4. The molecule has 1 N–H and O–H groups in total. The van der Waals surface area contributed by atoms with E-state index in [1.54, 1.807) is 11.3 Å². The molecule has 0 bridgehead atoms. The molecular weight excluding hydrogens is 274 g/mol. The predicted octanol–water partition coefficient (Wildman–Crippen LogP) is 2.04. The minimum absolute atomic E-state index is 0.281. The van der Waals surface area contributed by atoms with E-state index >= 15 is 0 Å². The molecule has 1 atom stereocenters. The average molecular weight is 289 g/mol. The van der Waals surface area contributed by atoms with Gasteiger partial charge in [0.1, 0.15) is 5.01 Å². The van der Waals surface area contributed by atoms with Gasteiger partial charge in [0.05, 0.1) is 5.92 Å². The molecule has 1 aliphatic heterocycles. The molecule has 1 aliphatic rings. The Bertz CT molecular complexity index is 599. The molecule has 104 valence electrons. The zero-order chi connectivity index (χ0) is 13.9. The highest BCUT2D eigenvalue weighted by atomic mass is 32.1. The maximum Gasteiger partial charge on any atom is 0.308 e. The fourth-order valence-electron chi connectivity index (χ4n) is 2.35. The van der Waals surface area contributed by atoms with Crippen molar-refractivity contribution >= 4 is 22.4 Å². The van der Waals surface area contributed by atoms with E-state index < -0.39 is 5.97 Å². The predicted molar refractivity (Wildman–Crippen MR) is 77.1 cm³/mol. The summed E-state index contributed by atoms with van der Waals surface area (Å²) < 4.78 is 0. The van der Waals surface area contributed by atoms with E-state index in [0.29, 0.717) is 13.0 Å². The highest BCUT2D eigenvalue weighted by Gasteiger charge is 2.29. The molecule has 1 aromatic heterocycles. The van der Waals surface area contributed by atoms with Crippen LogP contribution in [0.15, 0.2) is 30.3 Å². The maximum atomic E-state index is 11.0. The SMILES string of the molecule is O=C(O)C1CCN(c2nnc(Cc3ccccc3)s2)C1. The van der Waals surface area contributed by atoms with Crippen molar-refractivity contribution in [1.82, 2.24) is 10.2 Å². The highest BCUT2D eigenvalue weighted by Crippen LogP contribution is 2.27. The quantitative estimate of drug-likeness (QED) is 0.933. The standard InChI is InChI=1S/C14H15N3O2S/c18-13(19)11-6-7-17(9-11)14-16-15-12(20-14)8-10-4-2-1-3-5-10/h1-5,11H,6-9H2,(H,18,19). The summed E-state index contributed by atoms with van der Waals surface area (Å²) in [5.74, 6) is -1.00. The molecule has 0 amide bonds. The minimum Gasteiger partial charge on any atom is -0.481 e. The van der Waals surface area contributed by atoms with Gasteiger partial charge < -0.3 is 10.0 Å². The summed E-state index contributed by atoms with van der Waals surface area (Å²) in [5.41, 5.74) is 1.21. The van der Waals surface area contributed by atoms with Crippen molar-refractivity contribution in [1.29, 1.82) is 0 Å². The van der Waals surface area contributed by atoms with Gasteiger partial charge in [0.2, 0.25) is 5.13 Å². The van der Waals surface area contributed by atoms with E-state index in [4.69, 9.17) is 5.11 Å². The van der Waals surface area contributed by atoms with Crippen molar-refractivity contribution in [3.8, 4) is 0 Å². The lowest BCUT2D eigenvalue weighted by Crippen LogP contribution is -2.22. The van der Waals surface area contributed by atoms with Crippen LogP contribution in [-0.4, -0.2) is 34.4 Å². The zero-order valence-corrected chi connectivity index (χ0v) is 11.7. The van der Waals surface area contributed by atoms with Crippen LogP contribution in [0.4, 0.5) is 5.13 Å². The molecule has 0 aliphatic carbocycles. The van der Waals surface area contributed by atoms with E-state index in [9.17, 15) is 4.79 Å². The topological polar surface area (TPSA) is 66.3 Å². The van der Waals surface area contributed by atoms with Crippen LogP contribution in [0.25, 0.3) is 0 Å². The van der Waals surface area contributed by atoms with Crippen LogP contribution in [0.1, 0.15) is 17.0 Å². The van der Waals surface area contributed by atoms with Gasteiger partial charge in [0.15, 0.2) is 0 Å². The lowest BCUT2D eigenvalue weighted by molar-refractivity contribution is -0.140. The number of aromatic nitrogens is 2. The Balaban J connectivity index is 1.67. The van der Waals surface area contributed by atoms with E-state index in [1.807, 2.05) is 23.1 Å². The van der Waals surface area contributed by atoms with Crippen LogP contribution in [0, 0.1) is 5.92 Å². The van der Waals surface area contributed by atoms with Crippen LogP contribution in [-0.2, 0) is 11.2 Å². The fraction of sp³-hybridized carbons (Fsp3) is 0.357. The van der Waals surface area contributed by atoms with E-state index in [-0.39, 0.29) is 5.92 Å². The Labute approximate surface area is 120 Å². The number of hydrogen-bond acceptors (Lipinski definition) is 5. The van der Waals surface area contributed by atoms with E-state index in [2.05, 4.69) is 22.3 Å². The van der Waals surface area contributed by atoms with Crippen molar-refractivity contribution in [2.24, 2.45) is 5.92 Å². The number of carboxylic acids is 1. The third kappa shape index (κ3) is 2.80. The van der Waals surface area contributed by atoms with Crippen molar-refractivity contribution in [2.75, 3.05) is 18.0 Å². The second-order valence-electron chi connectivity index (χ2n) is 4.91. The molecule has 1 aromatic carbocycles. The number of hydrogen-bond donors (Lipinski definition) is 1. The van der Waals surface area contributed by atoms with Gasteiger partial charge in [-0.3, -0.25) is 4.79 Å². The Hall–Kier alpha value is -1.95. The minimum atomic E-state index is -0.721. The van der Waals surface area contributed by atoms with Gasteiger partial charge >= 0.3 is 5.97 Å². The molecule has 0 saturated carbocycles. The molecule has 1 unspecified atom stereocenters. The zero-order valence-electron chi connectivity index (χ0n) is 10.9. The molecular formula is C14H15N3O2S. The maximum absolute atomic E-state index is 11.0. The third-order valence-electron chi connectivity index (χ3n) is 3.46. The number of carboxylic acid groups (broad SMARTS) is 1. The van der Waals surface area contributed by atoms with Crippen molar-refractivity contribution in [3.05, 3.63) is 40.9 Å². The summed E-state index contributed by atoms with van der Waals surface area (Å²) >= 11 is 1.55. The Kier molecular flexibility index (Phi) is 3.64. The number of carbonyl (C=O) groups is 1. The molecule has 20 heavy (non-hydrogen) atoms. The Morgan fingerprint density at radius 3 is 2.85 bits per heavy atom. The van der Waals surface area contributed by atoms with Crippen LogP contribution in [0.2, 0.25) is 0 Å². The molecule has 1 fully saturated rings. The third-order valence-corrected chi connectivity index (χ3v) is 4.45. The van der Waals surface area contributed by atoms with Gasteiger partial charge in [-0.15, -0.1) is 10.2 Å². The van der Waals surface area contributed by atoms with Crippen molar-refractivity contribution in [3.63, 3.8) is 0 Å². The molecule has 2 heterocycles.